The zero-order valence-corrected chi connectivity index (χ0v) is 6.74. The minimum absolute atomic E-state index is 0.565. The molecule has 0 atom stereocenters. The van der Waals surface area contributed by atoms with Crippen molar-refractivity contribution in [2.24, 2.45) is 5.84 Å². The van der Waals surface area contributed by atoms with E-state index in [1.54, 1.807) is 0 Å². The van der Waals surface area contributed by atoms with Crippen LogP contribution in [0.1, 0.15) is 10.5 Å². The van der Waals surface area contributed by atoms with Gasteiger partial charge in [-0.3, -0.25) is 14.6 Å². The number of hydrazine groups is 1. The van der Waals surface area contributed by atoms with E-state index in [-0.39, 0.29) is 0 Å². The van der Waals surface area contributed by atoms with Gasteiger partial charge in [0.1, 0.15) is 0 Å². The molecule has 3 N–H and O–H groups in total. The average Bonchev–Trinajstić information content (AvgIpc) is 2.08. The number of carbonyl (C=O) groups excluding carboxylic acids is 1. The molecular formula is C6H7FN4O2. The number of nitrogens with one attached hydrogen (secondary N) is 1. The van der Waals surface area contributed by atoms with E-state index in [4.69, 9.17) is 5.84 Å². The fourth-order valence-corrected chi connectivity index (χ4v) is 0.695. The van der Waals surface area contributed by atoms with E-state index in [1.165, 1.54) is 7.05 Å². The summed E-state index contributed by atoms with van der Waals surface area (Å²) < 4.78 is 12.5. The lowest BCUT2D eigenvalue weighted by atomic mass is 10.4. The van der Waals surface area contributed by atoms with Crippen LogP contribution in [0.3, 0.4) is 0 Å². The van der Waals surface area contributed by atoms with Gasteiger partial charge in [-0.15, -0.1) is 0 Å². The predicted molar refractivity (Wildman–Crippen MR) is 41.1 cm³/mol. The van der Waals surface area contributed by atoms with Gasteiger partial charge in [0.2, 0.25) is 5.95 Å². The van der Waals surface area contributed by atoms with Crippen LogP contribution in [-0.4, -0.2) is 27.9 Å². The van der Waals surface area contributed by atoms with Crippen molar-refractivity contribution in [1.82, 2.24) is 15.0 Å². The molecule has 0 aliphatic carbocycles. The van der Waals surface area contributed by atoms with Gasteiger partial charge in [-0.1, -0.05) is 0 Å². The van der Waals surface area contributed by atoms with E-state index >= 15 is 0 Å². The van der Waals surface area contributed by atoms with E-state index in [9.17, 15) is 14.0 Å². The maximum Gasteiger partial charge on any atom is 0.291 e. The van der Waals surface area contributed by atoms with Crippen LogP contribution in [-0.2, 0) is 0 Å². The van der Waals surface area contributed by atoms with Gasteiger partial charge in [-0.05, 0) is 0 Å². The highest BCUT2D eigenvalue weighted by Gasteiger charge is 2.15. The lowest BCUT2D eigenvalue weighted by molar-refractivity contribution is 0.0786. The van der Waals surface area contributed by atoms with Crippen LogP contribution in [0.5, 0.6) is 0 Å². The van der Waals surface area contributed by atoms with Gasteiger partial charge in [-0.25, -0.2) is 10.8 Å². The Bertz CT molecular complexity index is 386. The highest BCUT2D eigenvalue weighted by atomic mass is 19.1. The Balaban J connectivity index is 3.21. The van der Waals surface area contributed by atoms with Gasteiger partial charge in [0.05, 0.1) is 6.20 Å². The maximum absolute atomic E-state index is 12.5. The number of aromatic nitrogens is 2. The summed E-state index contributed by atoms with van der Waals surface area (Å²) in [5.74, 6) is 3.27. The molecule has 0 fully saturated rings. The Morgan fingerprint density at radius 3 is 2.92 bits per heavy atom. The van der Waals surface area contributed by atoms with Gasteiger partial charge >= 0.3 is 0 Å². The number of nitrogens with two attached hydrogens (primary N) is 1. The number of H-pyrrole nitrogens is 1. The summed E-state index contributed by atoms with van der Waals surface area (Å²) in [5.41, 5.74) is -1.34. The molecule has 1 aromatic heterocycles. The minimum atomic E-state index is -0.940. The van der Waals surface area contributed by atoms with Gasteiger partial charge in [-0.2, -0.15) is 4.39 Å². The van der Waals surface area contributed by atoms with E-state index < -0.39 is 23.1 Å². The summed E-state index contributed by atoms with van der Waals surface area (Å²) in [6.07, 6.45) is 0.760. The van der Waals surface area contributed by atoms with Gasteiger partial charge in [0.15, 0.2) is 5.69 Å². The first-order chi connectivity index (χ1) is 6.02. The number of nitrogens with zero attached hydrogens (tertiary/aromatic N) is 2. The summed E-state index contributed by atoms with van der Waals surface area (Å²) in [5, 5.41) is 0.650. The molecular weight excluding hydrogens is 179 g/mol. The van der Waals surface area contributed by atoms with E-state index in [0.717, 1.165) is 6.20 Å². The number of aromatic amines is 1. The molecule has 0 unspecified atom stereocenters. The molecule has 1 aromatic rings. The third kappa shape index (κ3) is 1.88. The molecule has 13 heavy (non-hydrogen) atoms. The summed E-state index contributed by atoms with van der Waals surface area (Å²) in [6, 6.07) is 0. The standard InChI is InChI=1S/C6H7FN4O2/c1-11(8)6(13)4-5(12)9-2-3(7)10-4/h2H,8H2,1H3,(H,9,12). The average molecular weight is 186 g/mol. The van der Waals surface area contributed by atoms with Crippen molar-refractivity contribution in [3.8, 4) is 0 Å². The van der Waals surface area contributed by atoms with Gasteiger partial charge in [0.25, 0.3) is 11.5 Å². The molecule has 1 heterocycles. The zero-order valence-electron chi connectivity index (χ0n) is 6.74. The van der Waals surface area contributed by atoms with Crippen molar-refractivity contribution in [3.63, 3.8) is 0 Å². The summed E-state index contributed by atoms with van der Waals surface area (Å²) in [7, 11) is 1.23. The summed E-state index contributed by atoms with van der Waals surface area (Å²) in [6.45, 7) is 0. The predicted octanol–water partition coefficient (Wildman–Crippen LogP) is -1.15. The van der Waals surface area contributed by atoms with Gasteiger partial charge < -0.3 is 4.98 Å². The van der Waals surface area contributed by atoms with Crippen LogP contribution in [0, 0.1) is 5.95 Å². The Labute approximate surface area is 72.2 Å². The molecule has 0 spiro atoms. The van der Waals surface area contributed by atoms with Crippen LogP contribution in [0.25, 0.3) is 0 Å². The molecule has 1 rings (SSSR count). The number of amides is 1. The van der Waals surface area contributed by atoms with Crippen molar-refractivity contribution in [1.29, 1.82) is 0 Å². The summed E-state index contributed by atoms with van der Waals surface area (Å²) in [4.78, 5) is 27.1. The van der Waals surface area contributed by atoms with Crippen LogP contribution in [0.2, 0.25) is 0 Å². The van der Waals surface area contributed by atoms with Crippen LogP contribution in [0.15, 0.2) is 11.0 Å². The van der Waals surface area contributed by atoms with Crippen LogP contribution in [0.4, 0.5) is 4.39 Å². The lowest BCUT2D eigenvalue weighted by Gasteiger charge is -2.07. The Kier molecular flexibility index (Phi) is 2.38. The largest absolute Gasteiger partial charge is 0.323 e. The number of hydrogen-bond acceptors (Lipinski definition) is 4. The maximum atomic E-state index is 12.5. The number of halogens is 1. The second kappa shape index (κ2) is 3.31. The van der Waals surface area contributed by atoms with E-state index in [2.05, 4.69) is 4.98 Å². The third-order valence-corrected chi connectivity index (χ3v) is 1.28. The molecule has 0 aromatic carbocycles. The Morgan fingerprint density at radius 1 is 1.77 bits per heavy atom. The van der Waals surface area contributed by atoms with E-state index in [0.29, 0.717) is 5.01 Å². The lowest BCUT2D eigenvalue weighted by Crippen LogP contribution is -2.37. The van der Waals surface area contributed by atoms with E-state index in [1.807, 2.05) is 4.98 Å². The molecule has 0 aliphatic heterocycles. The Morgan fingerprint density at radius 2 is 2.38 bits per heavy atom. The van der Waals surface area contributed by atoms with Crippen LogP contribution < -0.4 is 11.4 Å². The molecule has 1 amide bonds. The molecule has 7 heteroatoms. The SMILES string of the molecule is CN(N)C(=O)c1nc(F)c[nH]c1=O. The normalized spacial score (nSPS) is 9.77. The smallest absolute Gasteiger partial charge is 0.291 e. The monoisotopic (exact) mass is 186 g/mol. The van der Waals surface area contributed by atoms with Crippen molar-refractivity contribution >= 4 is 5.91 Å². The van der Waals surface area contributed by atoms with Crippen molar-refractivity contribution in [2.45, 2.75) is 0 Å². The molecule has 0 saturated carbocycles. The second-order valence-electron chi connectivity index (χ2n) is 2.32. The topological polar surface area (TPSA) is 92.1 Å². The molecule has 0 saturated heterocycles. The van der Waals surface area contributed by atoms with Crippen molar-refractivity contribution < 1.29 is 9.18 Å². The summed E-state index contributed by atoms with van der Waals surface area (Å²) >= 11 is 0. The fraction of sp³-hybridized carbons (Fsp3) is 0.167. The molecule has 0 radical (unpaired) electrons. The fourth-order valence-electron chi connectivity index (χ4n) is 0.695. The number of hydrogen-bond donors (Lipinski definition) is 2. The first kappa shape index (κ1) is 9.33. The first-order valence-corrected chi connectivity index (χ1v) is 3.30. The minimum Gasteiger partial charge on any atom is -0.323 e. The number of carbonyl (C=O) groups is 1. The molecule has 6 nitrogen and oxygen atoms in total. The number of rotatable bonds is 1. The first-order valence-electron chi connectivity index (χ1n) is 3.30. The quantitative estimate of drug-likeness (QED) is 0.329. The second-order valence-corrected chi connectivity index (χ2v) is 2.32. The van der Waals surface area contributed by atoms with Crippen molar-refractivity contribution in [3.05, 3.63) is 28.2 Å². The highest BCUT2D eigenvalue weighted by molar-refractivity contribution is 5.91. The molecule has 0 bridgehead atoms. The van der Waals surface area contributed by atoms with Crippen molar-refractivity contribution in [2.75, 3.05) is 7.05 Å². The Hall–Kier alpha value is -1.76. The highest BCUT2D eigenvalue weighted by Crippen LogP contribution is 1.91. The molecule has 70 valence electrons. The van der Waals surface area contributed by atoms with Crippen LogP contribution >= 0.6 is 0 Å². The third-order valence-electron chi connectivity index (χ3n) is 1.28. The molecule has 0 aliphatic rings. The van der Waals surface area contributed by atoms with Gasteiger partial charge in [0, 0.05) is 7.05 Å². The zero-order chi connectivity index (χ0) is 10.0.